The average Bonchev–Trinajstić information content (AvgIpc) is 3.53. The summed E-state index contributed by atoms with van der Waals surface area (Å²) in [4.78, 5) is 24.2. The largest absolute Gasteiger partial charge is 0.490 e. The van der Waals surface area contributed by atoms with Crippen molar-refractivity contribution in [2.45, 2.75) is 32.1 Å². The van der Waals surface area contributed by atoms with Gasteiger partial charge in [0.1, 0.15) is 37.9 Å². The highest BCUT2D eigenvalue weighted by Gasteiger charge is 2.46. The smallest absolute Gasteiger partial charge is 0.333 e. The second-order valence-electron chi connectivity index (χ2n) is 14.3. The standard InChI is InChI=1S/C51H46O6/c1-35(2)49(52)56-29-27-54-47-25-23-41(33-39(47)31-37-15-7-5-8-16-37)51(45-21-13-11-19-43(45)44-20-12-14-22-46(44)51)42-24-26-48(55-28-30-57-50(53)36(3)4)40(34-42)32-38-17-9-6-10-18-38/h5-26,33-34H,1,3,27-32H2,2,4H3. The Bertz CT molecular complexity index is 2240. The van der Waals surface area contributed by atoms with Gasteiger partial charge in [0.25, 0.3) is 0 Å². The molecule has 57 heavy (non-hydrogen) atoms. The molecule has 0 aromatic heterocycles. The minimum absolute atomic E-state index is 0.109. The number of fused-ring (bicyclic) bond motifs is 3. The molecule has 0 N–H and O–H groups in total. The highest BCUT2D eigenvalue weighted by molar-refractivity contribution is 5.88. The summed E-state index contributed by atoms with van der Waals surface area (Å²) in [5, 5.41) is 0. The molecule has 1 aliphatic carbocycles. The zero-order valence-corrected chi connectivity index (χ0v) is 32.5. The quantitative estimate of drug-likeness (QED) is 0.0556. The van der Waals surface area contributed by atoms with Gasteiger partial charge in [-0.15, -0.1) is 0 Å². The molecule has 0 bridgehead atoms. The molecule has 0 heterocycles. The van der Waals surface area contributed by atoms with Gasteiger partial charge in [0.2, 0.25) is 0 Å². The van der Waals surface area contributed by atoms with E-state index in [2.05, 4.69) is 110 Å². The van der Waals surface area contributed by atoms with Crippen LogP contribution in [0.1, 0.15) is 58.4 Å². The molecule has 0 spiro atoms. The first-order valence-corrected chi connectivity index (χ1v) is 19.2. The Balaban J connectivity index is 1.37. The normalized spacial score (nSPS) is 12.2. The van der Waals surface area contributed by atoms with Crippen LogP contribution in [0.4, 0.5) is 0 Å². The summed E-state index contributed by atoms with van der Waals surface area (Å²) >= 11 is 0. The zero-order valence-electron chi connectivity index (χ0n) is 32.5. The number of hydrogen-bond donors (Lipinski definition) is 0. The molecule has 0 fully saturated rings. The summed E-state index contributed by atoms with van der Waals surface area (Å²) in [6, 6.07) is 51.0. The van der Waals surface area contributed by atoms with Gasteiger partial charge in [-0.1, -0.05) is 147 Å². The van der Waals surface area contributed by atoms with Crippen LogP contribution in [0.3, 0.4) is 0 Å². The highest BCUT2D eigenvalue weighted by Crippen LogP contribution is 2.56. The molecule has 1 aliphatic rings. The molecule has 0 amide bonds. The van der Waals surface area contributed by atoms with Crippen LogP contribution in [-0.4, -0.2) is 38.4 Å². The lowest BCUT2D eigenvalue weighted by Crippen LogP contribution is -2.29. The third-order valence-corrected chi connectivity index (χ3v) is 10.3. The van der Waals surface area contributed by atoms with E-state index in [1.807, 2.05) is 48.5 Å². The van der Waals surface area contributed by atoms with Crippen LogP contribution in [0.25, 0.3) is 11.1 Å². The fourth-order valence-corrected chi connectivity index (χ4v) is 7.66. The molecule has 6 aromatic rings. The van der Waals surface area contributed by atoms with Crippen molar-refractivity contribution in [1.29, 1.82) is 0 Å². The third kappa shape index (κ3) is 8.31. The molecule has 286 valence electrons. The lowest BCUT2D eigenvalue weighted by molar-refractivity contribution is -0.140. The van der Waals surface area contributed by atoms with Crippen LogP contribution in [-0.2, 0) is 37.3 Å². The van der Waals surface area contributed by atoms with E-state index >= 15 is 0 Å². The van der Waals surface area contributed by atoms with Crippen molar-refractivity contribution in [2.75, 3.05) is 26.4 Å². The van der Waals surface area contributed by atoms with Crippen LogP contribution in [0.15, 0.2) is 170 Å². The summed E-state index contributed by atoms with van der Waals surface area (Å²) in [5.41, 5.74) is 11.2. The summed E-state index contributed by atoms with van der Waals surface area (Å²) in [7, 11) is 0. The lowest BCUT2D eigenvalue weighted by Gasteiger charge is -2.35. The lowest BCUT2D eigenvalue weighted by atomic mass is 9.67. The molecule has 0 unspecified atom stereocenters. The highest BCUT2D eigenvalue weighted by atomic mass is 16.6. The Labute approximate surface area is 335 Å². The van der Waals surface area contributed by atoms with Crippen LogP contribution < -0.4 is 9.47 Å². The van der Waals surface area contributed by atoms with E-state index < -0.39 is 17.4 Å². The van der Waals surface area contributed by atoms with Crippen molar-refractivity contribution in [2.24, 2.45) is 0 Å². The molecule has 0 saturated carbocycles. The summed E-state index contributed by atoms with van der Waals surface area (Å²) in [5.74, 6) is 0.579. The minimum atomic E-state index is -0.699. The van der Waals surface area contributed by atoms with Gasteiger partial charge in [-0.05, 0) is 81.6 Å². The number of rotatable bonds is 16. The van der Waals surface area contributed by atoms with Crippen LogP contribution in [0, 0.1) is 0 Å². The van der Waals surface area contributed by atoms with Crippen LogP contribution >= 0.6 is 0 Å². The predicted molar refractivity (Wildman–Crippen MR) is 225 cm³/mol. The molecule has 7 rings (SSSR count). The van der Waals surface area contributed by atoms with Crippen molar-refractivity contribution >= 4 is 11.9 Å². The Morgan fingerprint density at radius 3 is 1.28 bits per heavy atom. The molecule has 6 nitrogen and oxygen atoms in total. The maximum absolute atomic E-state index is 12.1. The average molecular weight is 755 g/mol. The van der Waals surface area contributed by atoms with Gasteiger partial charge in [0.15, 0.2) is 0 Å². The van der Waals surface area contributed by atoms with Crippen molar-refractivity contribution in [3.8, 4) is 22.6 Å². The minimum Gasteiger partial charge on any atom is -0.490 e. The Morgan fingerprint density at radius 1 is 0.491 bits per heavy atom. The van der Waals surface area contributed by atoms with E-state index in [-0.39, 0.29) is 26.4 Å². The van der Waals surface area contributed by atoms with E-state index in [4.69, 9.17) is 18.9 Å². The van der Waals surface area contributed by atoms with E-state index in [1.54, 1.807) is 13.8 Å². The van der Waals surface area contributed by atoms with Crippen molar-refractivity contribution in [1.82, 2.24) is 0 Å². The van der Waals surface area contributed by atoms with Gasteiger partial charge in [0.05, 0.1) is 5.41 Å². The van der Waals surface area contributed by atoms with E-state index in [0.717, 1.165) is 44.9 Å². The van der Waals surface area contributed by atoms with Crippen molar-refractivity contribution in [3.63, 3.8) is 0 Å². The molecular weight excluding hydrogens is 709 g/mol. The monoisotopic (exact) mass is 754 g/mol. The van der Waals surface area contributed by atoms with Gasteiger partial charge >= 0.3 is 11.9 Å². The van der Waals surface area contributed by atoms with Gasteiger partial charge in [0, 0.05) is 24.0 Å². The zero-order chi connectivity index (χ0) is 39.8. The van der Waals surface area contributed by atoms with Crippen LogP contribution in [0.5, 0.6) is 11.5 Å². The molecule has 6 heteroatoms. The maximum atomic E-state index is 12.1. The van der Waals surface area contributed by atoms with Gasteiger partial charge < -0.3 is 18.9 Å². The first kappa shape index (κ1) is 38.6. The predicted octanol–water partition coefficient (Wildman–Crippen LogP) is 10.2. The Hall–Kier alpha value is -6.66. The molecule has 0 radical (unpaired) electrons. The van der Waals surface area contributed by atoms with Crippen molar-refractivity contribution in [3.05, 3.63) is 214 Å². The molecule has 6 aromatic carbocycles. The SMILES string of the molecule is C=C(C)C(=O)OCCOc1ccc(C2(c3ccc(OCCOC(=O)C(=C)C)c(Cc4ccccc4)c3)c3ccccc3-c3ccccc32)cc1Cc1ccccc1. The number of hydrogen-bond acceptors (Lipinski definition) is 6. The van der Waals surface area contributed by atoms with Crippen molar-refractivity contribution < 1.29 is 28.5 Å². The summed E-state index contributed by atoms with van der Waals surface area (Å²) in [6.45, 7) is 11.2. The van der Waals surface area contributed by atoms with E-state index in [0.29, 0.717) is 24.0 Å². The van der Waals surface area contributed by atoms with E-state index in [9.17, 15) is 9.59 Å². The van der Waals surface area contributed by atoms with Gasteiger partial charge in [-0.3, -0.25) is 0 Å². The summed E-state index contributed by atoms with van der Waals surface area (Å²) < 4.78 is 23.4. The van der Waals surface area contributed by atoms with Crippen LogP contribution in [0.2, 0.25) is 0 Å². The second kappa shape index (κ2) is 17.4. The molecule has 0 aliphatic heterocycles. The topological polar surface area (TPSA) is 71.1 Å². The first-order chi connectivity index (χ1) is 27.8. The number of ether oxygens (including phenoxy) is 4. The van der Waals surface area contributed by atoms with Gasteiger partial charge in [-0.2, -0.15) is 0 Å². The number of carbonyl (C=O) groups is 2. The molecule has 0 atom stereocenters. The van der Waals surface area contributed by atoms with Gasteiger partial charge in [-0.25, -0.2) is 9.59 Å². The number of carbonyl (C=O) groups excluding carboxylic acids is 2. The Morgan fingerprint density at radius 2 is 0.877 bits per heavy atom. The Kier molecular flexibility index (Phi) is 11.8. The fourth-order valence-electron chi connectivity index (χ4n) is 7.66. The molecule has 0 saturated heterocycles. The maximum Gasteiger partial charge on any atom is 0.333 e. The number of benzene rings is 6. The first-order valence-electron chi connectivity index (χ1n) is 19.2. The van der Waals surface area contributed by atoms with E-state index in [1.165, 1.54) is 22.3 Å². The fraction of sp³-hybridized carbons (Fsp3) is 0.176. The second-order valence-corrected chi connectivity index (χ2v) is 14.3. The number of esters is 2. The summed E-state index contributed by atoms with van der Waals surface area (Å²) in [6.07, 6.45) is 1.27. The molecular formula is C51H46O6. The third-order valence-electron chi connectivity index (χ3n) is 10.3.